The molecule has 3 aromatic heterocycles. The summed E-state index contributed by atoms with van der Waals surface area (Å²) in [5, 5.41) is 10.2. The number of nitrogens with zero attached hydrogens (tertiary/aromatic N) is 2. The molecular formula is C52H32N2S. The van der Waals surface area contributed by atoms with E-state index in [2.05, 4.69) is 203 Å². The molecule has 12 aromatic rings. The summed E-state index contributed by atoms with van der Waals surface area (Å²) in [5.74, 6) is 0. The summed E-state index contributed by atoms with van der Waals surface area (Å²) < 4.78 is 7.50. The highest BCUT2D eigenvalue weighted by Crippen LogP contribution is 2.43. The SMILES string of the molecule is c1ccc(-n2c3ccc(-c4ccc5c(c4)c4ccccc4n5-c4cccc5ccccc45)cc3c3cc(-c4cccc5sc6ccccc6c45)ccc32)cc1. The van der Waals surface area contributed by atoms with E-state index >= 15 is 0 Å². The van der Waals surface area contributed by atoms with Gasteiger partial charge in [0.2, 0.25) is 0 Å². The van der Waals surface area contributed by atoms with Crippen LogP contribution in [-0.4, -0.2) is 9.13 Å². The van der Waals surface area contributed by atoms with Gasteiger partial charge in [-0.15, -0.1) is 11.3 Å². The number of aromatic nitrogens is 2. The molecule has 12 rings (SSSR count). The Morgan fingerprint density at radius 1 is 0.327 bits per heavy atom. The molecule has 3 heteroatoms. The third-order valence-corrected chi connectivity index (χ3v) is 12.6. The van der Waals surface area contributed by atoms with Crippen LogP contribution in [-0.2, 0) is 0 Å². The second-order valence-corrected chi connectivity index (χ2v) is 15.6. The van der Waals surface area contributed by atoms with Crippen molar-refractivity contribution in [3.63, 3.8) is 0 Å². The van der Waals surface area contributed by atoms with Crippen molar-refractivity contribution in [1.29, 1.82) is 0 Å². The van der Waals surface area contributed by atoms with Gasteiger partial charge in [0.25, 0.3) is 0 Å². The zero-order valence-electron chi connectivity index (χ0n) is 29.8. The van der Waals surface area contributed by atoms with Crippen molar-refractivity contribution in [2.45, 2.75) is 0 Å². The fourth-order valence-corrected chi connectivity index (χ4v) is 10.2. The second-order valence-electron chi connectivity index (χ2n) is 14.5. The summed E-state index contributed by atoms with van der Waals surface area (Å²) in [5.41, 5.74) is 12.1. The first-order valence-corrected chi connectivity index (χ1v) is 19.7. The summed E-state index contributed by atoms with van der Waals surface area (Å²) in [7, 11) is 0. The smallest absolute Gasteiger partial charge is 0.0541 e. The fourth-order valence-electron chi connectivity index (χ4n) is 9.06. The van der Waals surface area contributed by atoms with Gasteiger partial charge in [-0.25, -0.2) is 0 Å². The number of hydrogen-bond donors (Lipinski definition) is 0. The van der Waals surface area contributed by atoms with Gasteiger partial charge < -0.3 is 9.13 Å². The van der Waals surface area contributed by atoms with Crippen LogP contribution in [0.25, 0.3) is 108 Å². The monoisotopic (exact) mass is 716 g/mol. The molecule has 0 spiro atoms. The molecule has 55 heavy (non-hydrogen) atoms. The van der Waals surface area contributed by atoms with Gasteiger partial charge in [-0.05, 0) is 100 Å². The molecule has 2 nitrogen and oxygen atoms in total. The lowest BCUT2D eigenvalue weighted by molar-refractivity contribution is 1.18. The lowest BCUT2D eigenvalue weighted by atomic mass is 9.97. The van der Waals surface area contributed by atoms with E-state index in [4.69, 9.17) is 0 Å². The lowest BCUT2D eigenvalue weighted by Crippen LogP contribution is -1.95. The van der Waals surface area contributed by atoms with Gasteiger partial charge in [-0.2, -0.15) is 0 Å². The lowest BCUT2D eigenvalue weighted by Gasteiger charge is -2.12. The highest BCUT2D eigenvalue weighted by molar-refractivity contribution is 7.25. The maximum absolute atomic E-state index is 2.44. The Bertz CT molecular complexity index is 3480. The fraction of sp³-hybridized carbons (Fsp3) is 0. The minimum absolute atomic E-state index is 1.16. The molecule has 3 heterocycles. The molecule has 0 aliphatic heterocycles. The molecule has 0 atom stereocenters. The van der Waals surface area contributed by atoms with Crippen molar-refractivity contribution in [1.82, 2.24) is 9.13 Å². The zero-order valence-corrected chi connectivity index (χ0v) is 30.6. The summed E-state index contributed by atoms with van der Waals surface area (Å²) in [6.07, 6.45) is 0. The van der Waals surface area contributed by atoms with Crippen LogP contribution >= 0.6 is 11.3 Å². The van der Waals surface area contributed by atoms with E-state index in [9.17, 15) is 0 Å². The van der Waals surface area contributed by atoms with Crippen molar-refractivity contribution in [3.05, 3.63) is 194 Å². The van der Waals surface area contributed by atoms with Crippen molar-refractivity contribution in [3.8, 4) is 33.6 Å². The van der Waals surface area contributed by atoms with Gasteiger partial charge in [0.1, 0.15) is 0 Å². The molecule has 0 aliphatic rings. The summed E-state index contributed by atoms with van der Waals surface area (Å²) in [6.45, 7) is 0. The third-order valence-electron chi connectivity index (χ3n) is 11.5. The van der Waals surface area contributed by atoms with E-state index in [1.165, 1.54) is 102 Å². The number of benzene rings is 9. The molecule has 0 amide bonds. The molecule has 9 aromatic carbocycles. The van der Waals surface area contributed by atoms with E-state index < -0.39 is 0 Å². The molecule has 0 aliphatic carbocycles. The largest absolute Gasteiger partial charge is 0.309 e. The second kappa shape index (κ2) is 11.8. The van der Waals surface area contributed by atoms with Gasteiger partial charge in [0, 0.05) is 52.8 Å². The Hall–Kier alpha value is -6.94. The van der Waals surface area contributed by atoms with Crippen molar-refractivity contribution < 1.29 is 0 Å². The maximum atomic E-state index is 2.44. The zero-order chi connectivity index (χ0) is 36.0. The van der Waals surface area contributed by atoms with Crippen molar-refractivity contribution in [2.75, 3.05) is 0 Å². The number of hydrogen-bond acceptors (Lipinski definition) is 1. The van der Waals surface area contributed by atoms with Gasteiger partial charge >= 0.3 is 0 Å². The van der Waals surface area contributed by atoms with E-state index in [0.29, 0.717) is 0 Å². The molecular weight excluding hydrogens is 685 g/mol. The molecule has 0 bridgehead atoms. The average Bonchev–Trinajstić information content (AvgIpc) is 3.91. The minimum Gasteiger partial charge on any atom is -0.309 e. The van der Waals surface area contributed by atoms with Gasteiger partial charge in [0.05, 0.1) is 27.8 Å². The summed E-state index contributed by atoms with van der Waals surface area (Å²) in [6, 6.07) is 71.5. The summed E-state index contributed by atoms with van der Waals surface area (Å²) >= 11 is 1.87. The Balaban J connectivity index is 1.08. The average molecular weight is 717 g/mol. The topological polar surface area (TPSA) is 9.86 Å². The standard InChI is InChI=1S/C52H32N2S/c1-2-14-37(15-3-1)53-47-27-24-35(31-43(47)44-32-36(26-29-48(44)53)39-19-11-23-51-52(39)41-18-7-9-22-50(41)55-51)34-25-28-49-42(30-34)40-17-6-8-20-46(40)54(49)45-21-10-13-33-12-4-5-16-38(33)45/h1-32H. The van der Waals surface area contributed by atoms with Crippen molar-refractivity contribution in [2.24, 2.45) is 0 Å². The van der Waals surface area contributed by atoms with Crippen LogP contribution in [0.2, 0.25) is 0 Å². The minimum atomic E-state index is 1.16. The predicted octanol–water partition coefficient (Wildman–Crippen LogP) is 14.7. The van der Waals surface area contributed by atoms with E-state index in [0.717, 1.165) is 5.69 Å². The molecule has 0 radical (unpaired) electrons. The Morgan fingerprint density at radius 2 is 0.873 bits per heavy atom. The van der Waals surface area contributed by atoms with Gasteiger partial charge in [-0.3, -0.25) is 0 Å². The molecule has 0 fully saturated rings. The van der Waals surface area contributed by atoms with Crippen LogP contribution in [0.5, 0.6) is 0 Å². The van der Waals surface area contributed by atoms with Crippen molar-refractivity contribution >= 4 is 85.9 Å². The van der Waals surface area contributed by atoms with Crippen LogP contribution in [0.15, 0.2) is 194 Å². The normalized spacial score (nSPS) is 12.0. The van der Waals surface area contributed by atoms with Crippen LogP contribution in [0.3, 0.4) is 0 Å². The van der Waals surface area contributed by atoms with Crippen LogP contribution in [0.4, 0.5) is 0 Å². The van der Waals surface area contributed by atoms with Gasteiger partial charge in [-0.1, -0.05) is 121 Å². The number of thiophene rings is 1. The first-order valence-electron chi connectivity index (χ1n) is 18.8. The predicted molar refractivity (Wildman–Crippen MR) is 236 cm³/mol. The Kier molecular flexibility index (Phi) is 6.54. The van der Waals surface area contributed by atoms with Gasteiger partial charge in [0.15, 0.2) is 0 Å². The van der Waals surface area contributed by atoms with Crippen LogP contribution in [0.1, 0.15) is 0 Å². The maximum Gasteiger partial charge on any atom is 0.0541 e. The Morgan fingerprint density at radius 3 is 1.67 bits per heavy atom. The van der Waals surface area contributed by atoms with Crippen LogP contribution in [0, 0.1) is 0 Å². The highest BCUT2D eigenvalue weighted by Gasteiger charge is 2.18. The number of para-hydroxylation sites is 2. The highest BCUT2D eigenvalue weighted by atomic mass is 32.1. The molecule has 0 saturated heterocycles. The number of fused-ring (bicyclic) bond motifs is 10. The number of rotatable bonds is 4. The van der Waals surface area contributed by atoms with E-state index in [1.54, 1.807) is 0 Å². The Labute approximate surface area is 321 Å². The van der Waals surface area contributed by atoms with Crippen LogP contribution < -0.4 is 0 Å². The summed E-state index contributed by atoms with van der Waals surface area (Å²) in [4.78, 5) is 0. The molecule has 0 unspecified atom stereocenters. The third kappa shape index (κ3) is 4.54. The first kappa shape index (κ1) is 30.5. The molecule has 0 saturated carbocycles. The molecule has 0 N–H and O–H groups in total. The quantitative estimate of drug-likeness (QED) is 0.172. The van der Waals surface area contributed by atoms with E-state index in [-0.39, 0.29) is 0 Å². The first-order chi connectivity index (χ1) is 27.3. The molecule has 256 valence electrons. The van der Waals surface area contributed by atoms with E-state index in [1.807, 2.05) is 11.3 Å².